The van der Waals surface area contributed by atoms with Crippen LogP contribution in [0.4, 0.5) is 0 Å². The van der Waals surface area contributed by atoms with Gasteiger partial charge in [-0.2, -0.15) is 0 Å². The van der Waals surface area contributed by atoms with Crippen molar-refractivity contribution in [2.24, 2.45) is 0 Å². The molecule has 0 spiro atoms. The van der Waals surface area contributed by atoms with E-state index in [2.05, 4.69) is 19.2 Å². The topological polar surface area (TPSA) is 114 Å². The second-order valence-corrected chi connectivity index (χ2v) is 11.5. The van der Waals surface area contributed by atoms with Crippen molar-refractivity contribution < 1.29 is 34.0 Å². The highest BCUT2D eigenvalue weighted by Gasteiger charge is 2.47. The lowest BCUT2D eigenvalue weighted by molar-refractivity contribution is -0.263. The van der Waals surface area contributed by atoms with Gasteiger partial charge < -0.3 is 29.7 Å². The number of carbonyl (C=O) groups excluding carboxylic acids is 2. The molecular weight excluding hydrogens is 522 g/mol. The standard InChI is InChI=1S/C33H61NO7/c1-4-7-9-11-13-15-16-18-20-22-27(36)25-29(37)34-30-32(39-24-21-19-17-14-12-10-8-5-2)31(38)28(26-35)41-33(30)40-23-6-3/h6,23,28,30-33,35,38H,4-5,7-22,24-26H2,1-3H3,(H,34,37)/b23-6+. The van der Waals surface area contributed by atoms with Crippen LogP contribution in [0.2, 0.25) is 0 Å². The SMILES string of the molecule is C/C=C/OC1OC(CO)C(O)C(OCCCCCCCCCC)C1NC(=O)CC(=O)CCCCCCCCCCC. The van der Waals surface area contributed by atoms with Crippen LogP contribution in [-0.4, -0.2) is 65.8 Å². The molecule has 0 radical (unpaired) electrons. The number of hydrogen-bond donors (Lipinski definition) is 3. The van der Waals surface area contributed by atoms with E-state index in [4.69, 9.17) is 14.2 Å². The average molecular weight is 584 g/mol. The highest BCUT2D eigenvalue weighted by Crippen LogP contribution is 2.25. The number of unbranched alkanes of at least 4 members (excludes halogenated alkanes) is 15. The van der Waals surface area contributed by atoms with E-state index in [1.807, 2.05) is 0 Å². The number of amides is 1. The van der Waals surface area contributed by atoms with Crippen molar-refractivity contribution in [1.82, 2.24) is 5.32 Å². The zero-order valence-electron chi connectivity index (χ0n) is 26.3. The van der Waals surface area contributed by atoms with Crippen LogP contribution in [-0.2, 0) is 23.8 Å². The maximum absolute atomic E-state index is 12.9. The number of allylic oxidation sites excluding steroid dienone is 1. The zero-order chi connectivity index (χ0) is 30.1. The van der Waals surface area contributed by atoms with Gasteiger partial charge in [-0.1, -0.05) is 116 Å². The molecule has 1 aliphatic rings. The first-order valence-corrected chi connectivity index (χ1v) is 16.6. The monoisotopic (exact) mass is 583 g/mol. The number of nitrogens with one attached hydrogen (secondary N) is 1. The van der Waals surface area contributed by atoms with E-state index in [0.717, 1.165) is 38.5 Å². The largest absolute Gasteiger partial charge is 0.471 e. The van der Waals surface area contributed by atoms with Gasteiger partial charge in [-0.25, -0.2) is 0 Å². The Balaban J connectivity index is 2.56. The molecule has 1 amide bonds. The Hall–Kier alpha value is -1.48. The van der Waals surface area contributed by atoms with Gasteiger partial charge >= 0.3 is 0 Å². The summed E-state index contributed by atoms with van der Waals surface area (Å²) in [5, 5.41) is 23.5. The molecule has 1 saturated heterocycles. The molecule has 5 atom stereocenters. The molecule has 0 aromatic carbocycles. The minimum atomic E-state index is -1.15. The van der Waals surface area contributed by atoms with Crippen LogP contribution in [0.25, 0.3) is 0 Å². The van der Waals surface area contributed by atoms with Gasteiger partial charge in [-0.15, -0.1) is 0 Å². The van der Waals surface area contributed by atoms with E-state index < -0.39 is 43.2 Å². The minimum absolute atomic E-state index is 0.0988. The summed E-state index contributed by atoms with van der Waals surface area (Å²) >= 11 is 0. The molecule has 1 fully saturated rings. The van der Waals surface area contributed by atoms with Crippen LogP contribution >= 0.6 is 0 Å². The summed E-state index contributed by atoms with van der Waals surface area (Å²) < 4.78 is 17.5. The second kappa shape index (κ2) is 25.1. The zero-order valence-corrected chi connectivity index (χ0v) is 26.3. The number of rotatable bonds is 26. The van der Waals surface area contributed by atoms with Crippen LogP contribution < -0.4 is 5.32 Å². The van der Waals surface area contributed by atoms with Crippen LogP contribution in [0.15, 0.2) is 12.3 Å². The van der Waals surface area contributed by atoms with Gasteiger partial charge in [-0.05, 0) is 19.8 Å². The first kappa shape index (κ1) is 37.5. The highest BCUT2D eigenvalue weighted by molar-refractivity contribution is 5.98. The fourth-order valence-corrected chi connectivity index (χ4v) is 5.29. The summed E-state index contributed by atoms with van der Waals surface area (Å²) in [7, 11) is 0. The number of aliphatic hydroxyl groups excluding tert-OH is 2. The van der Waals surface area contributed by atoms with Gasteiger partial charge in [0.15, 0.2) is 0 Å². The molecule has 0 aliphatic carbocycles. The molecule has 1 heterocycles. The predicted octanol–water partition coefficient (Wildman–Crippen LogP) is 6.51. The molecular formula is C33H61NO7. The summed E-state index contributed by atoms with van der Waals surface area (Å²) in [4.78, 5) is 25.4. The summed E-state index contributed by atoms with van der Waals surface area (Å²) in [6.07, 6.45) is 19.2. The third-order valence-electron chi connectivity index (χ3n) is 7.76. The molecule has 41 heavy (non-hydrogen) atoms. The Morgan fingerprint density at radius 3 is 1.90 bits per heavy atom. The van der Waals surface area contributed by atoms with Crippen molar-refractivity contribution in [2.75, 3.05) is 13.2 Å². The quantitative estimate of drug-likeness (QED) is 0.0604. The molecule has 0 aromatic heterocycles. The van der Waals surface area contributed by atoms with E-state index in [1.54, 1.807) is 13.0 Å². The third kappa shape index (κ3) is 17.3. The molecule has 1 aliphatic heterocycles. The smallest absolute Gasteiger partial charge is 0.227 e. The Morgan fingerprint density at radius 2 is 1.37 bits per heavy atom. The number of hydrogen-bond acceptors (Lipinski definition) is 7. The van der Waals surface area contributed by atoms with Gasteiger partial charge in [-0.3, -0.25) is 9.59 Å². The lowest BCUT2D eigenvalue weighted by Crippen LogP contribution is -2.65. The fourth-order valence-electron chi connectivity index (χ4n) is 5.29. The van der Waals surface area contributed by atoms with E-state index in [-0.39, 0.29) is 12.2 Å². The van der Waals surface area contributed by atoms with Crippen molar-refractivity contribution in [3.05, 3.63) is 12.3 Å². The first-order valence-electron chi connectivity index (χ1n) is 16.6. The van der Waals surface area contributed by atoms with Crippen molar-refractivity contribution >= 4 is 11.7 Å². The Kier molecular flexibility index (Phi) is 22.9. The molecule has 5 unspecified atom stereocenters. The van der Waals surface area contributed by atoms with Gasteiger partial charge in [0, 0.05) is 13.0 Å². The maximum atomic E-state index is 12.9. The van der Waals surface area contributed by atoms with Crippen LogP contribution in [0.3, 0.4) is 0 Å². The van der Waals surface area contributed by atoms with Gasteiger partial charge in [0.05, 0.1) is 19.3 Å². The number of ether oxygens (including phenoxy) is 3. The lowest BCUT2D eigenvalue weighted by atomic mass is 9.96. The fraction of sp³-hybridized carbons (Fsp3) is 0.879. The predicted molar refractivity (Wildman–Crippen MR) is 163 cm³/mol. The van der Waals surface area contributed by atoms with Crippen LogP contribution in [0.1, 0.15) is 143 Å². The molecule has 8 nitrogen and oxygen atoms in total. The van der Waals surface area contributed by atoms with Crippen molar-refractivity contribution in [1.29, 1.82) is 0 Å². The Labute approximate surface area is 250 Å². The molecule has 8 heteroatoms. The lowest BCUT2D eigenvalue weighted by Gasteiger charge is -2.43. The average Bonchev–Trinajstić information content (AvgIpc) is 2.96. The first-order chi connectivity index (χ1) is 20.0. The summed E-state index contributed by atoms with van der Waals surface area (Å²) in [5.41, 5.74) is 0. The number of Topliss-reactive ketones (excluding diaryl/α,β-unsaturated/α-hetero) is 1. The molecule has 3 N–H and O–H groups in total. The minimum Gasteiger partial charge on any atom is -0.471 e. The molecule has 0 aromatic rings. The van der Waals surface area contributed by atoms with Crippen molar-refractivity contribution in [3.8, 4) is 0 Å². The Bertz CT molecular complexity index is 686. The summed E-state index contributed by atoms with van der Waals surface area (Å²) in [5.74, 6) is -0.540. The molecule has 0 bridgehead atoms. The van der Waals surface area contributed by atoms with Crippen LogP contribution in [0.5, 0.6) is 0 Å². The Morgan fingerprint density at radius 1 is 0.829 bits per heavy atom. The highest BCUT2D eigenvalue weighted by atomic mass is 16.7. The van der Waals surface area contributed by atoms with Gasteiger partial charge in [0.2, 0.25) is 12.2 Å². The van der Waals surface area contributed by atoms with E-state index >= 15 is 0 Å². The van der Waals surface area contributed by atoms with Crippen molar-refractivity contribution in [2.45, 2.75) is 173 Å². The summed E-state index contributed by atoms with van der Waals surface area (Å²) in [6, 6.07) is -0.828. The molecule has 1 rings (SSSR count). The molecule has 0 saturated carbocycles. The number of ketones is 1. The number of aliphatic hydroxyl groups is 2. The van der Waals surface area contributed by atoms with Crippen LogP contribution in [0, 0.1) is 0 Å². The van der Waals surface area contributed by atoms with Crippen molar-refractivity contribution in [3.63, 3.8) is 0 Å². The van der Waals surface area contributed by atoms with E-state index in [0.29, 0.717) is 13.0 Å². The molecule has 240 valence electrons. The number of carbonyl (C=O) groups is 2. The van der Waals surface area contributed by atoms with E-state index in [1.165, 1.54) is 76.9 Å². The van der Waals surface area contributed by atoms with Gasteiger partial charge in [0.25, 0.3) is 0 Å². The normalized spacial score (nSPS) is 22.7. The van der Waals surface area contributed by atoms with E-state index in [9.17, 15) is 19.8 Å². The summed E-state index contributed by atoms with van der Waals surface area (Å²) in [6.45, 7) is 6.22. The van der Waals surface area contributed by atoms with Gasteiger partial charge in [0.1, 0.15) is 30.1 Å². The maximum Gasteiger partial charge on any atom is 0.227 e. The second-order valence-electron chi connectivity index (χ2n) is 11.5. The third-order valence-corrected chi connectivity index (χ3v) is 7.76.